The first-order valence-electron chi connectivity index (χ1n) is 10.6. The van der Waals surface area contributed by atoms with Crippen LogP contribution >= 0.6 is 0 Å². The van der Waals surface area contributed by atoms with Crippen LogP contribution in [0, 0.1) is 6.92 Å². The lowest BCUT2D eigenvalue weighted by Gasteiger charge is -2.14. The second-order valence-corrected chi connectivity index (χ2v) is 7.73. The summed E-state index contributed by atoms with van der Waals surface area (Å²) in [6.07, 6.45) is 14.6. The van der Waals surface area contributed by atoms with E-state index in [0.29, 0.717) is 12.0 Å². The normalized spacial score (nSPS) is 13.9. The van der Waals surface area contributed by atoms with Crippen molar-refractivity contribution in [2.75, 3.05) is 5.32 Å². The Labute approximate surface area is 192 Å². The molecule has 8 heteroatoms. The van der Waals surface area contributed by atoms with Crippen molar-refractivity contribution < 1.29 is 4.79 Å². The molecule has 0 aliphatic carbocycles. The number of aliphatic imine (C=N–C) groups is 1. The molecule has 166 valence electrons. The minimum Gasteiger partial charge on any atom is -0.383 e. The van der Waals surface area contributed by atoms with Gasteiger partial charge in [0.05, 0.1) is 5.56 Å². The van der Waals surface area contributed by atoms with Crippen molar-refractivity contribution >= 4 is 23.0 Å². The Morgan fingerprint density at radius 1 is 1.06 bits per heavy atom. The highest BCUT2D eigenvalue weighted by atomic mass is 16.1. The Kier molecular flexibility index (Phi) is 6.84. The Morgan fingerprint density at radius 2 is 1.91 bits per heavy atom. The summed E-state index contributed by atoms with van der Waals surface area (Å²) in [4.78, 5) is 29.1. The van der Waals surface area contributed by atoms with Gasteiger partial charge >= 0.3 is 0 Å². The van der Waals surface area contributed by atoms with Crippen LogP contribution in [-0.2, 0) is 0 Å². The van der Waals surface area contributed by atoms with Crippen molar-refractivity contribution in [3.63, 3.8) is 0 Å². The molecule has 0 radical (unpaired) electrons. The number of hydrogen-bond donors (Lipinski definition) is 3. The van der Waals surface area contributed by atoms with Crippen LogP contribution < -0.4 is 16.0 Å². The van der Waals surface area contributed by atoms with E-state index in [0.717, 1.165) is 33.8 Å². The zero-order chi connectivity index (χ0) is 23.0. The largest absolute Gasteiger partial charge is 0.383 e. The molecule has 1 aromatic carbocycles. The number of nitrogens with one attached hydrogen (secondary N) is 3. The summed E-state index contributed by atoms with van der Waals surface area (Å²) in [7, 11) is 0. The molecule has 33 heavy (non-hydrogen) atoms. The number of aryl methyl sites for hydroxylation is 1. The smallest absolute Gasteiger partial charge is 0.257 e. The maximum atomic E-state index is 12.5. The second-order valence-electron chi connectivity index (χ2n) is 7.73. The molecular formula is C25H25N7O. The quantitative estimate of drug-likeness (QED) is 0.514. The van der Waals surface area contributed by atoms with Crippen molar-refractivity contribution in [1.82, 2.24) is 25.6 Å². The van der Waals surface area contributed by atoms with Crippen LogP contribution in [0.15, 0.2) is 85.0 Å². The Bertz CT molecular complexity index is 1220. The van der Waals surface area contributed by atoms with Crippen molar-refractivity contribution in [3.05, 3.63) is 102 Å². The van der Waals surface area contributed by atoms with Crippen LogP contribution in [0.25, 0.3) is 5.57 Å². The third-order valence-electron chi connectivity index (χ3n) is 5.13. The molecule has 0 bridgehead atoms. The van der Waals surface area contributed by atoms with Gasteiger partial charge in [0, 0.05) is 67.1 Å². The minimum absolute atomic E-state index is 0.0428. The van der Waals surface area contributed by atoms with Crippen LogP contribution in [-0.4, -0.2) is 26.7 Å². The highest BCUT2D eigenvalue weighted by molar-refractivity contribution is 6.04. The lowest BCUT2D eigenvalue weighted by atomic mass is 10.1. The fourth-order valence-electron chi connectivity index (χ4n) is 3.35. The van der Waals surface area contributed by atoms with Crippen LogP contribution in [0.4, 0.5) is 5.69 Å². The zero-order valence-corrected chi connectivity index (χ0v) is 18.5. The Morgan fingerprint density at radius 3 is 2.73 bits per heavy atom. The molecule has 3 heterocycles. The summed E-state index contributed by atoms with van der Waals surface area (Å²) in [5, 5.41) is 9.46. The summed E-state index contributed by atoms with van der Waals surface area (Å²) in [6, 6.07) is 9.62. The van der Waals surface area contributed by atoms with Crippen molar-refractivity contribution in [2.45, 2.75) is 26.3 Å². The average Bonchev–Trinajstić information content (AvgIpc) is 3.31. The van der Waals surface area contributed by atoms with E-state index in [4.69, 9.17) is 0 Å². The molecule has 3 N–H and O–H groups in total. The average molecular weight is 440 g/mol. The van der Waals surface area contributed by atoms with E-state index < -0.39 is 0 Å². The molecule has 1 aliphatic rings. The van der Waals surface area contributed by atoms with Crippen LogP contribution in [0.3, 0.4) is 0 Å². The van der Waals surface area contributed by atoms with E-state index in [1.54, 1.807) is 24.8 Å². The topological polar surface area (TPSA) is 104 Å². The van der Waals surface area contributed by atoms with Crippen molar-refractivity contribution in [2.24, 2.45) is 4.99 Å². The molecule has 3 aromatic rings. The molecule has 4 rings (SSSR count). The van der Waals surface area contributed by atoms with Crippen molar-refractivity contribution in [3.8, 4) is 0 Å². The van der Waals surface area contributed by atoms with E-state index in [9.17, 15) is 4.79 Å². The number of rotatable bonds is 7. The van der Waals surface area contributed by atoms with Gasteiger partial charge in [0.15, 0.2) is 0 Å². The standard InChI is InChI=1S/C25H25N7O/c1-17-8-21(12-26-11-17)25(33)32-23-5-3-4-19(9-23)18(2)29-6-7-30-24-10-20(15-31-24)22-13-27-16-28-14-22/h3-9,11-16,18,29H,10H2,1-2H3,(H,30,31)(H,32,33). The summed E-state index contributed by atoms with van der Waals surface area (Å²) < 4.78 is 0. The second kappa shape index (κ2) is 10.3. The van der Waals surface area contributed by atoms with Gasteiger partial charge in [-0.2, -0.15) is 0 Å². The number of carbonyl (C=O) groups excluding carboxylic acids is 1. The number of hydrogen-bond acceptors (Lipinski definition) is 7. The number of anilines is 1. The predicted octanol–water partition coefficient (Wildman–Crippen LogP) is 3.99. The molecule has 0 spiro atoms. The highest BCUT2D eigenvalue weighted by Gasteiger charge is 2.12. The highest BCUT2D eigenvalue weighted by Crippen LogP contribution is 2.21. The molecule has 1 atom stereocenters. The SMILES string of the molecule is Cc1cncc(C(=O)Nc2cccc(C(C)NC=CNC3=NC=C(c4cncnc4)C3)c2)c1. The first kappa shape index (κ1) is 21.9. The molecule has 0 saturated carbocycles. The van der Waals surface area contributed by atoms with Gasteiger partial charge in [0.25, 0.3) is 5.91 Å². The van der Waals surface area contributed by atoms with E-state index in [1.807, 2.05) is 55.9 Å². The fourth-order valence-corrected chi connectivity index (χ4v) is 3.35. The van der Waals surface area contributed by atoms with Gasteiger partial charge in [-0.3, -0.25) is 9.78 Å². The number of nitrogens with zero attached hydrogens (tertiary/aromatic N) is 4. The summed E-state index contributed by atoms with van der Waals surface area (Å²) >= 11 is 0. The number of amides is 1. The first-order chi connectivity index (χ1) is 16.1. The molecule has 0 saturated heterocycles. The molecule has 1 unspecified atom stereocenters. The molecule has 2 aromatic heterocycles. The van der Waals surface area contributed by atoms with Gasteiger partial charge in [-0.1, -0.05) is 12.1 Å². The van der Waals surface area contributed by atoms with Crippen LogP contribution in [0.5, 0.6) is 0 Å². The number of benzene rings is 1. The third-order valence-corrected chi connectivity index (χ3v) is 5.13. The molecule has 8 nitrogen and oxygen atoms in total. The monoisotopic (exact) mass is 439 g/mol. The van der Waals surface area contributed by atoms with Crippen LogP contribution in [0.2, 0.25) is 0 Å². The van der Waals surface area contributed by atoms with Gasteiger partial charge in [0.1, 0.15) is 12.2 Å². The van der Waals surface area contributed by atoms with Crippen molar-refractivity contribution in [1.29, 1.82) is 0 Å². The zero-order valence-electron chi connectivity index (χ0n) is 18.5. The minimum atomic E-state index is -0.180. The summed E-state index contributed by atoms with van der Waals surface area (Å²) in [5.74, 6) is 0.676. The molecule has 1 amide bonds. The number of pyridine rings is 1. The lowest BCUT2D eigenvalue weighted by molar-refractivity contribution is 0.102. The third kappa shape index (κ3) is 5.88. The molecular weight excluding hydrogens is 414 g/mol. The van der Waals surface area contributed by atoms with E-state index in [-0.39, 0.29) is 11.9 Å². The predicted molar refractivity (Wildman–Crippen MR) is 129 cm³/mol. The Balaban J connectivity index is 1.27. The molecule has 1 aliphatic heterocycles. The van der Waals surface area contributed by atoms with Gasteiger partial charge < -0.3 is 16.0 Å². The lowest BCUT2D eigenvalue weighted by Crippen LogP contribution is -2.18. The summed E-state index contributed by atoms with van der Waals surface area (Å²) in [6.45, 7) is 3.96. The van der Waals surface area contributed by atoms with Gasteiger partial charge in [-0.25, -0.2) is 15.0 Å². The van der Waals surface area contributed by atoms with Gasteiger partial charge in [0.2, 0.25) is 0 Å². The molecule has 0 fully saturated rings. The maximum absolute atomic E-state index is 12.5. The maximum Gasteiger partial charge on any atom is 0.257 e. The first-order valence-corrected chi connectivity index (χ1v) is 10.6. The van der Waals surface area contributed by atoms with E-state index in [2.05, 4.69) is 42.8 Å². The van der Waals surface area contributed by atoms with E-state index in [1.165, 1.54) is 6.33 Å². The van der Waals surface area contributed by atoms with Gasteiger partial charge in [-0.05, 0) is 48.7 Å². The Hall–Kier alpha value is -4.33. The number of carbonyl (C=O) groups is 1. The van der Waals surface area contributed by atoms with Crippen LogP contribution in [0.1, 0.15) is 46.4 Å². The summed E-state index contributed by atoms with van der Waals surface area (Å²) in [5.41, 5.74) is 5.31. The van der Waals surface area contributed by atoms with Gasteiger partial charge in [-0.15, -0.1) is 0 Å². The number of aromatic nitrogens is 3. The number of amidine groups is 1. The van der Waals surface area contributed by atoms with E-state index >= 15 is 0 Å². The fraction of sp³-hybridized carbons (Fsp3) is 0.160.